The number of benzene rings is 1. The van der Waals surface area contributed by atoms with Crippen LogP contribution in [0.1, 0.15) is 12.0 Å². The molecule has 1 aliphatic heterocycles. The van der Waals surface area contributed by atoms with Crippen LogP contribution in [0.5, 0.6) is 0 Å². The van der Waals surface area contributed by atoms with Gasteiger partial charge in [0.2, 0.25) is 15.9 Å². The number of carboxylic acid groups (broad SMARTS) is 1. The van der Waals surface area contributed by atoms with Gasteiger partial charge in [-0.2, -0.15) is 0 Å². The fourth-order valence-electron chi connectivity index (χ4n) is 2.72. The van der Waals surface area contributed by atoms with E-state index in [0.717, 1.165) is 9.13 Å². The van der Waals surface area contributed by atoms with E-state index in [2.05, 4.69) is 22.6 Å². The molecule has 0 bridgehead atoms. The maximum Gasteiger partial charge on any atom is 0.326 e. The zero-order valence-electron chi connectivity index (χ0n) is 12.2. The smallest absolute Gasteiger partial charge is 0.326 e. The molecule has 1 aromatic carbocycles. The molecule has 0 radical (unpaired) electrons. The summed E-state index contributed by atoms with van der Waals surface area (Å²) in [5.74, 6) is -2.23. The minimum absolute atomic E-state index is 0.00684. The van der Waals surface area contributed by atoms with Gasteiger partial charge in [0.15, 0.2) is 0 Å². The van der Waals surface area contributed by atoms with Gasteiger partial charge in [-0.05, 0) is 40.3 Å². The maximum atomic E-state index is 12.1. The topological polar surface area (TPSA) is 118 Å². The number of primary sulfonamides is 1. The van der Waals surface area contributed by atoms with Crippen molar-refractivity contribution in [3.63, 3.8) is 0 Å². The van der Waals surface area contributed by atoms with Gasteiger partial charge in [-0.1, -0.05) is 12.1 Å². The average molecular weight is 452 g/mol. The lowest BCUT2D eigenvalue weighted by atomic mass is 10.0. The Morgan fingerprint density at radius 1 is 1.39 bits per heavy atom. The Bertz CT molecular complexity index is 704. The third-order valence-corrected chi connectivity index (χ3v) is 5.37. The van der Waals surface area contributed by atoms with Crippen molar-refractivity contribution in [3.8, 4) is 0 Å². The van der Waals surface area contributed by atoms with Crippen LogP contribution in [0.4, 0.5) is 0 Å². The molecule has 1 aliphatic rings. The maximum absolute atomic E-state index is 12.1. The normalized spacial score (nSPS) is 19.8. The third-order valence-electron chi connectivity index (χ3n) is 3.71. The molecule has 9 heteroatoms. The van der Waals surface area contributed by atoms with Gasteiger partial charge in [0.1, 0.15) is 6.04 Å². The number of aliphatic carboxylic acids is 1. The van der Waals surface area contributed by atoms with Crippen LogP contribution < -0.4 is 5.14 Å². The number of carbonyl (C=O) groups excluding carboxylic acids is 1. The number of amides is 1. The molecule has 3 N–H and O–H groups in total. The molecule has 126 valence electrons. The van der Waals surface area contributed by atoms with E-state index >= 15 is 0 Å². The van der Waals surface area contributed by atoms with Crippen LogP contribution in [-0.4, -0.2) is 48.6 Å². The monoisotopic (exact) mass is 452 g/mol. The van der Waals surface area contributed by atoms with Crippen molar-refractivity contribution in [1.82, 2.24) is 4.90 Å². The van der Waals surface area contributed by atoms with Crippen LogP contribution in [0.3, 0.4) is 0 Å². The van der Waals surface area contributed by atoms with Gasteiger partial charge in [0, 0.05) is 28.9 Å². The van der Waals surface area contributed by atoms with Crippen molar-refractivity contribution in [3.05, 3.63) is 33.4 Å². The van der Waals surface area contributed by atoms with Gasteiger partial charge in [-0.25, -0.2) is 18.4 Å². The third kappa shape index (κ3) is 5.15. The Morgan fingerprint density at radius 2 is 2.00 bits per heavy atom. The minimum Gasteiger partial charge on any atom is -0.480 e. The summed E-state index contributed by atoms with van der Waals surface area (Å²) in [4.78, 5) is 24.9. The SMILES string of the molecule is NS(=O)(=O)CC1CC(=O)N(C(Cc2ccc(I)cc2)C(=O)O)C1. The molecule has 1 aromatic rings. The molecule has 1 fully saturated rings. The molecule has 7 nitrogen and oxygen atoms in total. The van der Waals surface area contributed by atoms with Crippen molar-refractivity contribution in [2.75, 3.05) is 12.3 Å². The highest BCUT2D eigenvalue weighted by Crippen LogP contribution is 2.23. The first-order chi connectivity index (χ1) is 10.7. The van der Waals surface area contributed by atoms with Crippen LogP contribution in [0.2, 0.25) is 0 Å². The number of carboxylic acids is 1. The van der Waals surface area contributed by atoms with E-state index in [-0.39, 0.29) is 31.0 Å². The van der Waals surface area contributed by atoms with Gasteiger partial charge in [-0.3, -0.25) is 4.79 Å². The second-order valence-corrected chi connectivity index (χ2v) is 8.54. The highest BCUT2D eigenvalue weighted by molar-refractivity contribution is 14.1. The number of nitrogens with zero attached hydrogens (tertiary/aromatic N) is 1. The van der Waals surface area contributed by atoms with E-state index < -0.39 is 28.0 Å². The summed E-state index contributed by atoms with van der Waals surface area (Å²) in [6, 6.07) is 6.36. The lowest BCUT2D eigenvalue weighted by Gasteiger charge is -2.25. The second-order valence-electron chi connectivity index (χ2n) is 5.63. The van der Waals surface area contributed by atoms with E-state index in [1.807, 2.05) is 24.3 Å². The van der Waals surface area contributed by atoms with Gasteiger partial charge >= 0.3 is 5.97 Å². The summed E-state index contributed by atoms with van der Waals surface area (Å²) in [5.41, 5.74) is 0.806. The van der Waals surface area contributed by atoms with E-state index in [9.17, 15) is 23.1 Å². The molecular formula is C14H17IN2O5S. The summed E-state index contributed by atoms with van der Waals surface area (Å²) in [5, 5.41) is 14.5. The summed E-state index contributed by atoms with van der Waals surface area (Å²) >= 11 is 2.15. The lowest BCUT2D eigenvalue weighted by Crippen LogP contribution is -2.44. The molecule has 2 atom stereocenters. The predicted molar refractivity (Wildman–Crippen MR) is 92.1 cm³/mol. The number of halogens is 1. The first-order valence-corrected chi connectivity index (χ1v) is 9.72. The van der Waals surface area contributed by atoms with Crippen LogP contribution in [-0.2, 0) is 26.0 Å². The summed E-state index contributed by atoms with van der Waals surface area (Å²) in [7, 11) is -3.69. The lowest BCUT2D eigenvalue weighted by molar-refractivity contribution is -0.148. The van der Waals surface area contributed by atoms with E-state index in [1.54, 1.807) is 0 Å². The van der Waals surface area contributed by atoms with Gasteiger partial charge in [-0.15, -0.1) is 0 Å². The number of sulfonamides is 1. The molecular weight excluding hydrogens is 435 g/mol. The molecule has 0 aliphatic carbocycles. The van der Waals surface area contributed by atoms with Crippen molar-refractivity contribution in [2.24, 2.45) is 11.1 Å². The van der Waals surface area contributed by atoms with E-state index in [0.29, 0.717) is 0 Å². The molecule has 0 aromatic heterocycles. The molecule has 1 heterocycles. The van der Waals surface area contributed by atoms with Crippen LogP contribution in [0.15, 0.2) is 24.3 Å². The highest BCUT2D eigenvalue weighted by Gasteiger charge is 2.38. The van der Waals surface area contributed by atoms with Gasteiger partial charge in [0.25, 0.3) is 0 Å². The Kier molecular flexibility index (Phi) is 5.63. The Hall–Kier alpha value is -1.20. The zero-order valence-corrected chi connectivity index (χ0v) is 15.2. The van der Waals surface area contributed by atoms with E-state index in [1.165, 1.54) is 4.90 Å². The quantitative estimate of drug-likeness (QED) is 0.607. The van der Waals surface area contributed by atoms with Crippen molar-refractivity contribution >= 4 is 44.5 Å². The van der Waals surface area contributed by atoms with E-state index in [4.69, 9.17) is 5.14 Å². The second kappa shape index (κ2) is 7.14. The molecule has 0 saturated carbocycles. The molecule has 23 heavy (non-hydrogen) atoms. The Balaban J connectivity index is 2.13. The molecule has 2 rings (SSSR count). The highest BCUT2D eigenvalue weighted by atomic mass is 127. The predicted octanol–water partition coefficient (Wildman–Crippen LogP) is 0.424. The van der Waals surface area contributed by atoms with Crippen molar-refractivity contribution in [1.29, 1.82) is 0 Å². The Labute approximate surface area is 148 Å². The van der Waals surface area contributed by atoms with Crippen molar-refractivity contribution < 1.29 is 23.1 Å². The number of hydrogen-bond donors (Lipinski definition) is 2. The Morgan fingerprint density at radius 3 is 2.52 bits per heavy atom. The van der Waals surface area contributed by atoms with Gasteiger partial charge in [0.05, 0.1) is 5.75 Å². The first kappa shape index (κ1) is 18.1. The van der Waals surface area contributed by atoms with Crippen LogP contribution in [0.25, 0.3) is 0 Å². The average Bonchev–Trinajstić information content (AvgIpc) is 2.76. The molecule has 1 amide bonds. The number of nitrogens with two attached hydrogens (primary N) is 1. The van der Waals surface area contributed by atoms with Crippen molar-refractivity contribution in [2.45, 2.75) is 18.9 Å². The molecule has 0 spiro atoms. The number of carbonyl (C=O) groups is 2. The van der Waals surface area contributed by atoms with Gasteiger partial charge < -0.3 is 10.0 Å². The zero-order chi connectivity index (χ0) is 17.2. The standard InChI is InChI=1S/C14H17IN2O5S/c15-11-3-1-9(2-4-11)5-12(14(19)20)17-7-10(6-13(17)18)8-23(16,21)22/h1-4,10,12H,5-8H2,(H,19,20)(H2,16,21,22). The molecule has 1 saturated heterocycles. The summed E-state index contributed by atoms with van der Waals surface area (Å²) in [6.07, 6.45) is 0.187. The summed E-state index contributed by atoms with van der Waals surface area (Å²) in [6.45, 7) is 0.0938. The fraction of sp³-hybridized carbons (Fsp3) is 0.429. The number of likely N-dealkylation sites (tertiary alicyclic amines) is 1. The summed E-state index contributed by atoms with van der Waals surface area (Å²) < 4.78 is 23.3. The first-order valence-electron chi connectivity index (χ1n) is 6.93. The fourth-order valence-corrected chi connectivity index (χ4v) is 3.96. The molecule has 2 unspecified atom stereocenters. The van der Waals surface area contributed by atoms with Crippen LogP contribution >= 0.6 is 22.6 Å². The van der Waals surface area contributed by atoms with Crippen LogP contribution in [0, 0.1) is 9.49 Å². The number of rotatable bonds is 6. The minimum atomic E-state index is -3.69. The largest absolute Gasteiger partial charge is 0.480 e. The number of hydrogen-bond acceptors (Lipinski definition) is 4.